The van der Waals surface area contributed by atoms with E-state index < -0.39 is 24.3 Å². The maximum Gasteiger partial charge on any atom is 0.306 e. The van der Waals surface area contributed by atoms with Crippen molar-refractivity contribution in [2.75, 3.05) is 47.5 Å². The zero-order valence-corrected chi connectivity index (χ0v) is 53.6. The van der Waals surface area contributed by atoms with Crippen LogP contribution in [-0.4, -0.2) is 82.3 Å². The van der Waals surface area contributed by atoms with Crippen LogP contribution in [-0.2, 0) is 33.3 Å². The zero-order valence-electron chi connectivity index (χ0n) is 53.6. The van der Waals surface area contributed by atoms with Gasteiger partial charge in [-0.25, -0.2) is 0 Å². The molecular formula is C73H125NO8. The summed E-state index contributed by atoms with van der Waals surface area (Å²) in [6, 6.07) is 0. The molecule has 2 unspecified atom stereocenters. The van der Waals surface area contributed by atoms with Gasteiger partial charge in [0, 0.05) is 12.8 Å². The second-order valence-electron chi connectivity index (χ2n) is 23.4. The fraction of sp³-hybridized carbons (Fsp3) is 0.712. The number of hydrogen-bond acceptors (Lipinski definition) is 8. The van der Waals surface area contributed by atoms with Crippen molar-refractivity contribution in [3.05, 3.63) is 109 Å². The van der Waals surface area contributed by atoms with Gasteiger partial charge in [-0.15, -0.1) is 0 Å². The normalized spacial score (nSPS) is 13.4. The summed E-state index contributed by atoms with van der Waals surface area (Å²) in [6.07, 6.45) is 84.4. The van der Waals surface area contributed by atoms with E-state index in [1.807, 2.05) is 21.1 Å². The lowest BCUT2D eigenvalue weighted by atomic mass is 10.0. The van der Waals surface area contributed by atoms with Crippen LogP contribution in [0, 0.1) is 0 Å². The molecule has 0 aromatic heterocycles. The number of esters is 2. The van der Waals surface area contributed by atoms with Crippen LogP contribution in [0.25, 0.3) is 0 Å². The van der Waals surface area contributed by atoms with Crippen LogP contribution in [0.4, 0.5) is 0 Å². The van der Waals surface area contributed by atoms with Gasteiger partial charge in [-0.05, 0) is 83.5 Å². The average molecular weight is 1140 g/mol. The molecule has 0 amide bonds. The van der Waals surface area contributed by atoms with Crippen molar-refractivity contribution in [1.29, 1.82) is 0 Å². The standard InChI is InChI=1S/C73H125NO8/c1-6-8-10-12-14-16-18-20-22-24-26-28-30-32-33-34-35-36-37-38-39-40-42-44-46-48-50-52-54-56-58-60-62-64-71(76)82-69(68-81-73(72(77)78)79-66-65-74(3,4)5)67-80-70(75)63-61-59-57-55-53-51-49-47-45-43-41-31-29-27-25-23-21-19-17-15-13-11-9-7-2/h8,10,14,16,20,22,26,28,32-33,35-36,38-39,42,44,48,50,69,73H,6-7,9,11-13,15,17-19,21,23-25,27,29-31,34,37,40-41,43,45-47,49,51-68H2,1-5H3/b10-8-,16-14-,22-20-,28-26-,33-32-,36-35-,39-38-,44-42-,50-48-. The maximum absolute atomic E-state index is 12.9. The molecule has 0 bridgehead atoms. The number of aliphatic carboxylic acids is 1. The first-order chi connectivity index (χ1) is 40.1. The molecule has 0 saturated carbocycles. The Morgan fingerprint density at radius 1 is 0.378 bits per heavy atom. The summed E-state index contributed by atoms with van der Waals surface area (Å²) >= 11 is 0. The summed E-state index contributed by atoms with van der Waals surface area (Å²) in [4.78, 5) is 37.4. The van der Waals surface area contributed by atoms with Gasteiger partial charge in [-0.1, -0.05) is 290 Å². The van der Waals surface area contributed by atoms with Crippen LogP contribution in [0.15, 0.2) is 109 Å². The molecule has 0 spiro atoms. The number of quaternary nitrogens is 1. The minimum atomic E-state index is -1.63. The number of ether oxygens (including phenoxy) is 4. The molecule has 0 rings (SSSR count). The lowest BCUT2D eigenvalue weighted by molar-refractivity contribution is -0.870. The van der Waals surface area contributed by atoms with Crippen LogP contribution in [0.3, 0.4) is 0 Å². The topological polar surface area (TPSA) is 111 Å². The van der Waals surface area contributed by atoms with E-state index in [1.165, 1.54) is 135 Å². The van der Waals surface area contributed by atoms with Crippen molar-refractivity contribution < 1.29 is 42.9 Å². The van der Waals surface area contributed by atoms with E-state index in [1.54, 1.807) is 0 Å². The number of carboxylic acid groups (broad SMARTS) is 1. The lowest BCUT2D eigenvalue weighted by Crippen LogP contribution is -2.44. The predicted molar refractivity (Wildman–Crippen MR) is 347 cm³/mol. The molecule has 470 valence electrons. The van der Waals surface area contributed by atoms with Crippen molar-refractivity contribution in [3.63, 3.8) is 0 Å². The van der Waals surface area contributed by atoms with Crippen molar-refractivity contribution in [3.8, 4) is 0 Å². The molecule has 0 N–H and O–H groups in total. The molecule has 0 aliphatic rings. The van der Waals surface area contributed by atoms with E-state index in [4.69, 9.17) is 18.9 Å². The van der Waals surface area contributed by atoms with Crippen molar-refractivity contribution in [1.82, 2.24) is 0 Å². The first-order valence-corrected chi connectivity index (χ1v) is 33.5. The molecule has 0 aromatic carbocycles. The Hall–Kier alpha value is -4.05. The van der Waals surface area contributed by atoms with Crippen LogP contribution in [0.2, 0.25) is 0 Å². The fourth-order valence-electron chi connectivity index (χ4n) is 9.18. The fourth-order valence-corrected chi connectivity index (χ4v) is 9.18. The highest BCUT2D eigenvalue weighted by molar-refractivity contribution is 5.70. The first kappa shape index (κ1) is 78.0. The molecular weight excluding hydrogens is 1020 g/mol. The number of allylic oxidation sites excluding steroid dienone is 18. The van der Waals surface area contributed by atoms with Gasteiger partial charge in [0.05, 0.1) is 40.3 Å². The number of carbonyl (C=O) groups excluding carboxylic acids is 3. The number of unbranched alkanes of at least 4 members (excludes halogenated alkanes) is 28. The maximum atomic E-state index is 12.9. The number of likely N-dealkylation sites (N-methyl/N-ethyl adjacent to an activating group) is 1. The summed E-state index contributed by atoms with van der Waals surface area (Å²) in [6.45, 7) is 4.63. The Bertz CT molecular complexity index is 1710. The number of nitrogens with zero attached hydrogens (tertiary/aromatic N) is 1. The van der Waals surface area contributed by atoms with Crippen LogP contribution in [0.1, 0.15) is 277 Å². The Morgan fingerprint density at radius 2 is 0.695 bits per heavy atom. The highest BCUT2D eigenvalue weighted by Crippen LogP contribution is 2.17. The van der Waals surface area contributed by atoms with Gasteiger partial charge < -0.3 is 33.3 Å². The Kier molecular flexibility index (Phi) is 59.9. The minimum absolute atomic E-state index is 0.139. The molecule has 0 radical (unpaired) electrons. The molecule has 0 aliphatic carbocycles. The van der Waals surface area contributed by atoms with Crippen molar-refractivity contribution >= 4 is 17.9 Å². The third-order valence-electron chi connectivity index (χ3n) is 14.3. The third-order valence-corrected chi connectivity index (χ3v) is 14.3. The Labute approximate surface area is 505 Å². The summed E-state index contributed by atoms with van der Waals surface area (Å²) in [5.74, 6) is -2.31. The van der Waals surface area contributed by atoms with Crippen molar-refractivity contribution in [2.45, 2.75) is 289 Å². The second kappa shape index (κ2) is 63.0. The van der Waals surface area contributed by atoms with E-state index in [9.17, 15) is 19.5 Å². The molecule has 0 fully saturated rings. The highest BCUT2D eigenvalue weighted by Gasteiger charge is 2.22. The smallest absolute Gasteiger partial charge is 0.306 e. The van der Waals surface area contributed by atoms with Crippen molar-refractivity contribution in [2.24, 2.45) is 0 Å². The molecule has 9 heteroatoms. The lowest BCUT2D eigenvalue weighted by Gasteiger charge is -2.26. The summed E-state index contributed by atoms with van der Waals surface area (Å²) < 4.78 is 22.8. The number of rotatable bonds is 61. The molecule has 0 saturated heterocycles. The van der Waals surface area contributed by atoms with Gasteiger partial charge in [-0.3, -0.25) is 9.59 Å². The quantitative estimate of drug-likeness (QED) is 0.0195. The number of carboxylic acids is 1. The SMILES string of the molecule is CC/C=C\C/C=C\C/C=C\C/C=C\C/C=C\C/C=C\C/C=C\C/C=C\C/C=C\CCCCCCCC(=O)OC(COC(=O)CCCCCCCCCCCCCCCCCCCCCCCCCC)COC(OCC[N+](C)(C)C)C(=O)[O-]. The average Bonchev–Trinajstić information content (AvgIpc) is 3.45. The van der Waals surface area contributed by atoms with Gasteiger partial charge in [0.25, 0.3) is 0 Å². The van der Waals surface area contributed by atoms with E-state index in [0.29, 0.717) is 17.4 Å². The molecule has 2 atom stereocenters. The largest absolute Gasteiger partial charge is 0.545 e. The molecule has 0 aromatic rings. The van der Waals surface area contributed by atoms with Crippen LogP contribution < -0.4 is 5.11 Å². The van der Waals surface area contributed by atoms with E-state index >= 15 is 0 Å². The third kappa shape index (κ3) is 63.5. The molecule has 0 aliphatic heterocycles. The van der Waals surface area contributed by atoms with Gasteiger partial charge in [0.2, 0.25) is 0 Å². The number of carbonyl (C=O) groups is 3. The van der Waals surface area contributed by atoms with E-state index in [-0.39, 0.29) is 38.6 Å². The first-order valence-electron chi connectivity index (χ1n) is 33.5. The summed E-state index contributed by atoms with van der Waals surface area (Å²) in [7, 11) is 5.92. The highest BCUT2D eigenvalue weighted by atomic mass is 16.7. The second-order valence-corrected chi connectivity index (χ2v) is 23.4. The van der Waals surface area contributed by atoms with Gasteiger partial charge >= 0.3 is 11.9 Å². The summed E-state index contributed by atoms with van der Waals surface area (Å²) in [5, 5.41) is 11.8. The molecule has 82 heavy (non-hydrogen) atoms. The Morgan fingerprint density at radius 3 is 1.04 bits per heavy atom. The number of hydrogen-bond donors (Lipinski definition) is 0. The zero-order chi connectivity index (χ0) is 59.8. The van der Waals surface area contributed by atoms with Gasteiger partial charge in [-0.2, -0.15) is 0 Å². The monoisotopic (exact) mass is 1140 g/mol. The predicted octanol–water partition coefficient (Wildman–Crippen LogP) is 19.3. The Balaban J connectivity index is 4.23. The van der Waals surface area contributed by atoms with Gasteiger partial charge in [0.1, 0.15) is 13.2 Å². The van der Waals surface area contributed by atoms with E-state index in [2.05, 4.69) is 123 Å². The van der Waals surface area contributed by atoms with Gasteiger partial charge in [0.15, 0.2) is 12.4 Å². The molecule has 0 heterocycles. The van der Waals surface area contributed by atoms with Crippen LogP contribution in [0.5, 0.6) is 0 Å². The molecule has 9 nitrogen and oxygen atoms in total. The minimum Gasteiger partial charge on any atom is -0.545 e. The van der Waals surface area contributed by atoms with Crippen LogP contribution >= 0.6 is 0 Å². The summed E-state index contributed by atoms with van der Waals surface area (Å²) in [5.41, 5.74) is 0. The van der Waals surface area contributed by atoms with E-state index in [0.717, 1.165) is 109 Å².